The van der Waals surface area contributed by atoms with Crippen molar-refractivity contribution in [2.75, 3.05) is 7.11 Å². The van der Waals surface area contributed by atoms with Gasteiger partial charge in [0.1, 0.15) is 0 Å². The summed E-state index contributed by atoms with van der Waals surface area (Å²) in [5.41, 5.74) is 1.89. The molecule has 96 valence electrons. The van der Waals surface area contributed by atoms with Gasteiger partial charge in [-0.25, -0.2) is 4.39 Å². The molecule has 0 aliphatic heterocycles. The number of nitrogens with zero attached hydrogens (tertiary/aromatic N) is 1. The van der Waals surface area contributed by atoms with E-state index in [2.05, 4.69) is 23.4 Å². The molecule has 0 spiro atoms. The number of methoxy groups -OCH3 is 1. The molecule has 5 heteroatoms. The van der Waals surface area contributed by atoms with Crippen LogP contribution in [0.5, 0.6) is 5.75 Å². The number of benzene rings is 1. The van der Waals surface area contributed by atoms with Crippen LogP contribution in [0.1, 0.15) is 26.3 Å². The van der Waals surface area contributed by atoms with Gasteiger partial charge in [0.2, 0.25) is 0 Å². The number of hydrogen-bond donors (Lipinski definition) is 1. The fourth-order valence-corrected chi connectivity index (χ4v) is 2.81. The molecule has 18 heavy (non-hydrogen) atoms. The minimum absolute atomic E-state index is 0.253. The number of rotatable bonds is 2. The molecular formula is C13H15FN2OS. The average molecular weight is 266 g/mol. The first-order chi connectivity index (χ1) is 8.44. The molecule has 0 saturated heterocycles. The lowest BCUT2D eigenvalue weighted by Gasteiger charge is -2.08. The number of halogens is 1. The van der Waals surface area contributed by atoms with Crippen molar-refractivity contribution in [1.29, 1.82) is 0 Å². The summed E-state index contributed by atoms with van der Waals surface area (Å²) in [6.07, 6.45) is 1.09. The molecule has 3 rings (SSSR count). The molecule has 0 bridgehead atoms. The maximum atomic E-state index is 13.6. The fourth-order valence-electron chi connectivity index (χ4n) is 2.47. The maximum absolute atomic E-state index is 13.6. The topological polar surface area (TPSA) is 29.9 Å². The van der Waals surface area contributed by atoms with Gasteiger partial charge in [0.05, 0.1) is 18.1 Å². The Balaban J connectivity index is 2.26. The third-order valence-corrected chi connectivity index (χ3v) is 4.06. The highest BCUT2D eigenvalue weighted by Gasteiger charge is 2.48. The predicted molar refractivity (Wildman–Crippen MR) is 71.1 cm³/mol. The lowest BCUT2D eigenvalue weighted by molar-refractivity contribution is 0.387. The molecule has 1 unspecified atom stereocenters. The first kappa shape index (κ1) is 11.7. The molecule has 0 amide bonds. The molecule has 1 aliphatic carbocycles. The summed E-state index contributed by atoms with van der Waals surface area (Å²) in [6.45, 7) is 4.41. The van der Waals surface area contributed by atoms with Gasteiger partial charge in [0, 0.05) is 18.2 Å². The number of hydrogen-bond acceptors (Lipinski definition) is 2. The van der Waals surface area contributed by atoms with Crippen molar-refractivity contribution in [1.82, 2.24) is 9.55 Å². The summed E-state index contributed by atoms with van der Waals surface area (Å²) >= 11 is 5.34. The summed E-state index contributed by atoms with van der Waals surface area (Å²) < 4.78 is 21.4. The number of H-pyrrole nitrogens is 1. The molecule has 1 aromatic heterocycles. The van der Waals surface area contributed by atoms with Crippen molar-refractivity contribution in [2.24, 2.45) is 5.41 Å². The molecule has 1 aliphatic rings. The average Bonchev–Trinajstić information content (AvgIpc) is 2.78. The Morgan fingerprint density at radius 1 is 1.50 bits per heavy atom. The third-order valence-electron chi connectivity index (χ3n) is 3.76. The normalized spacial score (nSPS) is 21.2. The smallest absolute Gasteiger partial charge is 0.178 e. The highest BCUT2D eigenvalue weighted by atomic mass is 32.1. The Hall–Kier alpha value is -1.36. The van der Waals surface area contributed by atoms with Crippen molar-refractivity contribution >= 4 is 23.3 Å². The molecule has 1 atom stereocenters. The van der Waals surface area contributed by atoms with E-state index in [9.17, 15) is 4.39 Å². The molecule has 1 N–H and O–H groups in total. The van der Waals surface area contributed by atoms with Crippen molar-refractivity contribution in [3.05, 3.63) is 22.7 Å². The van der Waals surface area contributed by atoms with Gasteiger partial charge in [-0.05, 0) is 24.1 Å². The molecule has 2 aromatic rings. The van der Waals surface area contributed by atoms with Crippen molar-refractivity contribution < 1.29 is 9.13 Å². The maximum Gasteiger partial charge on any atom is 0.178 e. The SMILES string of the molecule is COc1cc2c(cc1F)[nH]c(=S)n2C1CC1(C)C. The lowest BCUT2D eigenvalue weighted by Crippen LogP contribution is -2.00. The largest absolute Gasteiger partial charge is 0.494 e. The van der Waals surface area contributed by atoms with Crippen molar-refractivity contribution in [2.45, 2.75) is 26.3 Å². The monoisotopic (exact) mass is 266 g/mol. The van der Waals surface area contributed by atoms with Gasteiger partial charge in [0.15, 0.2) is 16.3 Å². The first-order valence-electron chi connectivity index (χ1n) is 5.92. The Kier molecular flexibility index (Phi) is 2.32. The standard InChI is InChI=1S/C13H15FN2OS/c1-13(2)6-11(13)16-9-5-10(17-3)7(14)4-8(9)15-12(16)18/h4-5,11H,6H2,1-3H3,(H,15,18). The molecule has 0 radical (unpaired) electrons. The van der Waals surface area contributed by atoms with Crippen LogP contribution in [0.25, 0.3) is 11.0 Å². The number of imidazole rings is 1. The van der Waals surface area contributed by atoms with Gasteiger partial charge in [-0.2, -0.15) is 0 Å². The summed E-state index contributed by atoms with van der Waals surface area (Å²) in [5, 5.41) is 0. The van der Waals surface area contributed by atoms with E-state index in [1.54, 1.807) is 6.07 Å². The second kappa shape index (κ2) is 3.57. The van der Waals surface area contributed by atoms with Gasteiger partial charge < -0.3 is 14.3 Å². The van der Waals surface area contributed by atoms with Crippen molar-refractivity contribution in [3.8, 4) is 5.75 Å². The van der Waals surface area contributed by atoms with E-state index in [0.29, 0.717) is 10.8 Å². The van der Waals surface area contributed by atoms with Crippen molar-refractivity contribution in [3.63, 3.8) is 0 Å². The third kappa shape index (κ3) is 1.57. The van der Waals surface area contributed by atoms with Crippen LogP contribution in [0.4, 0.5) is 4.39 Å². The number of fused-ring (bicyclic) bond motifs is 1. The fraction of sp³-hybridized carbons (Fsp3) is 0.462. The summed E-state index contributed by atoms with van der Waals surface area (Å²) in [6, 6.07) is 3.54. The second-order valence-corrected chi connectivity index (χ2v) is 5.90. The van der Waals surface area contributed by atoms with E-state index in [0.717, 1.165) is 17.5 Å². The quantitative estimate of drug-likeness (QED) is 0.837. The van der Waals surface area contributed by atoms with Crippen LogP contribution in [0.15, 0.2) is 12.1 Å². The van der Waals surface area contributed by atoms with Crippen LogP contribution in [0.3, 0.4) is 0 Å². The predicted octanol–water partition coefficient (Wildman–Crippen LogP) is 3.82. The van der Waals surface area contributed by atoms with E-state index in [-0.39, 0.29) is 17.0 Å². The summed E-state index contributed by atoms with van der Waals surface area (Å²) in [7, 11) is 1.47. The number of aromatic nitrogens is 2. The zero-order valence-corrected chi connectivity index (χ0v) is 11.4. The van der Waals surface area contributed by atoms with Crippen LogP contribution in [0, 0.1) is 16.0 Å². The van der Waals surface area contributed by atoms with E-state index in [1.165, 1.54) is 13.2 Å². The van der Waals surface area contributed by atoms with Crippen LogP contribution >= 0.6 is 12.2 Å². The summed E-state index contributed by atoms with van der Waals surface area (Å²) in [4.78, 5) is 3.06. The van der Waals surface area contributed by atoms with E-state index in [4.69, 9.17) is 17.0 Å². The van der Waals surface area contributed by atoms with Gasteiger partial charge in [-0.1, -0.05) is 13.8 Å². The van der Waals surface area contributed by atoms with E-state index < -0.39 is 0 Å². The number of aromatic amines is 1. The van der Waals surface area contributed by atoms with E-state index in [1.807, 2.05) is 0 Å². The first-order valence-corrected chi connectivity index (χ1v) is 6.32. The van der Waals surface area contributed by atoms with Gasteiger partial charge in [-0.3, -0.25) is 0 Å². The molecule has 1 saturated carbocycles. The molecule has 1 fully saturated rings. The highest BCUT2D eigenvalue weighted by Crippen LogP contribution is 2.56. The Morgan fingerprint density at radius 2 is 2.17 bits per heavy atom. The van der Waals surface area contributed by atoms with Crippen LogP contribution < -0.4 is 4.74 Å². The van der Waals surface area contributed by atoms with Crippen LogP contribution in [-0.4, -0.2) is 16.7 Å². The second-order valence-electron chi connectivity index (χ2n) is 5.51. The van der Waals surface area contributed by atoms with Crippen LogP contribution in [-0.2, 0) is 0 Å². The van der Waals surface area contributed by atoms with Gasteiger partial charge in [-0.15, -0.1) is 0 Å². The molecular weight excluding hydrogens is 251 g/mol. The summed E-state index contributed by atoms with van der Waals surface area (Å²) in [5.74, 6) is -0.118. The van der Waals surface area contributed by atoms with Gasteiger partial charge in [0.25, 0.3) is 0 Å². The molecule has 1 aromatic carbocycles. The minimum atomic E-state index is -0.372. The zero-order chi connectivity index (χ0) is 13.1. The zero-order valence-electron chi connectivity index (χ0n) is 10.6. The highest BCUT2D eigenvalue weighted by molar-refractivity contribution is 7.71. The number of ether oxygens (including phenoxy) is 1. The molecule has 3 nitrogen and oxygen atoms in total. The van der Waals surface area contributed by atoms with Crippen LogP contribution in [0.2, 0.25) is 0 Å². The van der Waals surface area contributed by atoms with Gasteiger partial charge >= 0.3 is 0 Å². The lowest BCUT2D eigenvalue weighted by atomic mass is 10.2. The Labute approximate surface area is 110 Å². The Bertz CT molecular complexity index is 686. The number of nitrogens with one attached hydrogen (secondary N) is 1. The molecule has 1 heterocycles. The minimum Gasteiger partial charge on any atom is -0.494 e. The van der Waals surface area contributed by atoms with E-state index >= 15 is 0 Å². The Morgan fingerprint density at radius 3 is 2.72 bits per heavy atom.